The molecule has 0 saturated carbocycles. The lowest BCUT2D eigenvalue weighted by Gasteiger charge is -2.43. The molecule has 1 aliphatic heterocycles. The van der Waals surface area contributed by atoms with E-state index in [2.05, 4.69) is 37.6 Å². The van der Waals surface area contributed by atoms with Crippen molar-refractivity contribution < 1.29 is 9.47 Å². The molecule has 5 nitrogen and oxygen atoms in total. The molecule has 1 aromatic heterocycles. The van der Waals surface area contributed by atoms with Crippen molar-refractivity contribution in [3.63, 3.8) is 0 Å². The second-order valence-corrected chi connectivity index (χ2v) is 6.29. The maximum atomic E-state index is 5.94. The van der Waals surface area contributed by atoms with E-state index in [1.54, 1.807) is 0 Å². The summed E-state index contributed by atoms with van der Waals surface area (Å²) in [6, 6.07) is 3.81. The summed E-state index contributed by atoms with van der Waals surface area (Å²) in [5.41, 5.74) is 6.45. The van der Waals surface area contributed by atoms with Gasteiger partial charge in [-0.25, -0.2) is 0 Å². The third-order valence-corrected chi connectivity index (χ3v) is 3.35. The van der Waals surface area contributed by atoms with Crippen molar-refractivity contribution in [2.24, 2.45) is 5.92 Å². The summed E-state index contributed by atoms with van der Waals surface area (Å²) in [4.78, 5) is 6.83. The van der Waals surface area contributed by atoms with Gasteiger partial charge in [-0.1, -0.05) is 13.8 Å². The number of ether oxygens (including phenoxy) is 2. The fourth-order valence-corrected chi connectivity index (χ4v) is 2.24. The normalized spacial score (nSPS) is 18.4. The summed E-state index contributed by atoms with van der Waals surface area (Å²) in [6.45, 7) is 11.4. The number of nitrogens with zero attached hydrogens (tertiary/aromatic N) is 2. The molecule has 0 spiro atoms. The number of rotatable bonds is 4. The number of hydrogen-bond donors (Lipinski definition) is 1. The van der Waals surface area contributed by atoms with Gasteiger partial charge in [-0.05, 0) is 31.9 Å². The van der Waals surface area contributed by atoms with Crippen LogP contribution in [0.3, 0.4) is 0 Å². The molecule has 5 heteroatoms. The second-order valence-electron chi connectivity index (χ2n) is 6.29. The largest absolute Gasteiger partial charge is 0.476 e. The highest BCUT2D eigenvalue weighted by Crippen LogP contribution is 2.29. The zero-order chi connectivity index (χ0) is 14.8. The lowest BCUT2D eigenvalue weighted by atomic mass is 10.0. The van der Waals surface area contributed by atoms with E-state index in [0.717, 1.165) is 19.0 Å². The predicted molar refractivity (Wildman–Crippen MR) is 81.2 cm³/mol. The van der Waals surface area contributed by atoms with Crippen LogP contribution in [0.2, 0.25) is 0 Å². The molecule has 0 radical (unpaired) electrons. The van der Waals surface area contributed by atoms with Gasteiger partial charge in [0.15, 0.2) is 0 Å². The highest BCUT2D eigenvalue weighted by atomic mass is 16.5. The van der Waals surface area contributed by atoms with Gasteiger partial charge in [0.2, 0.25) is 5.88 Å². The molecule has 0 aliphatic carbocycles. The molecule has 0 aromatic carbocycles. The van der Waals surface area contributed by atoms with Gasteiger partial charge in [-0.15, -0.1) is 0 Å². The molecule has 0 bridgehead atoms. The third kappa shape index (κ3) is 3.33. The van der Waals surface area contributed by atoms with E-state index in [1.807, 2.05) is 12.1 Å². The van der Waals surface area contributed by atoms with E-state index in [9.17, 15) is 0 Å². The average molecular weight is 279 g/mol. The lowest BCUT2D eigenvalue weighted by Crippen LogP contribution is -2.53. The van der Waals surface area contributed by atoms with Gasteiger partial charge >= 0.3 is 0 Å². The zero-order valence-electron chi connectivity index (χ0n) is 12.8. The van der Waals surface area contributed by atoms with Crippen molar-refractivity contribution in [2.75, 3.05) is 37.0 Å². The Morgan fingerprint density at radius 3 is 2.85 bits per heavy atom. The standard InChI is InChI=1S/C15H25N3O2/c1-11(2)9-20-14-12(16)5-6-13(17-14)18-7-8-19-10-15(18,3)4/h5-6,11H,7-10,16H2,1-4H3. The van der Waals surface area contributed by atoms with Crippen LogP contribution in [0.15, 0.2) is 12.1 Å². The molecule has 0 amide bonds. The Labute approximate surface area is 121 Å². The molecule has 2 N–H and O–H groups in total. The van der Waals surface area contributed by atoms with Crippen molar-refractivity contribution in [1.29, 1.82) is 0 Å². The van der Waals surface area contributed by atoms with Crippen molar-refractivity contribution in [2.45, 2.75) is 33.2 Å². The molecule has 2 rings (SSSR count). The van der Waals surface area contributed by atoms with Crippen LogP contribution in [-0.4, -0.2) is 36.9 Å². The maximum absolute atomic E-state index is 5.94. The lowest BCUT2D eigenvalue weighted by molar-refractivity contribution is 0.0638. The summed E-state index contributed by atoms with van der Waals surface area (Å²) >= 11 is 0. The summed E-state index contributed by atoms with van der Waals surface area (Å²) in [6.07, 6.45) is 0. The molecule has 0 atom stereocenters. The van der Waals surface area contributed by atoms with E-state index >= 15 is 0 Å². The quantitative estimate of drug-likeness (QED) is 0.916. The fraction of sp³-hybridized carbons (Fsp3) is 0.667. The first-order valence-electron chi connectivity index (χ1n) is 7.15. The van der Waals surface area contributed by atoms with E-state index in [4.69, 9.17) is 15.2 Å². The SMILES string of the molecule is CC(C)COc1nc(N2CCOCC2(C)C)ccc1N. The third-order valence-electron chi connectivity index (χ3n) is 3.35. The Kier molecular flexibility index (Phi) is 4.38. The first-order chi connectivity index (χ1) is 9.40. The molecule has 0 unspecified atom stereocenters. The van der Waals surface area contributed by atoms with Crippen molar-refractivity contribution >= 4 is 11.5 Å². The molecule has 1 saturated heterocycles. The Morgan fingerprint density at radius 2 is 2.20 bits per heavy atom. The number of anilines is 2. The van der Waals surface area contributed by atoms with Crippen molar-refractivity contribution in [3.8, 4) is 5.88 Å². The minimum absolute atomic E-state index is 0.0727. The Morgan fingerprint density at radius 1 is 1.45 bits per heavy atom. The van der Waals surface area contributed by atoms with Crippen LogP contribution in [0, 0.1) is 5.92 Å². The molecule has 1 aromatic rings. The van der Waals surface area contributed by atoms with Gasteiger partial charge in [-0.2, -0.15) is 4.98 Å². The summed E-state index contributed by atoms with van der Waals surface area (Å²) in [7, 11) is 0. The van der Waals surface area contributed by atoms with E-state index in [0.29, 0.717) is 30.7 Å². The second kappa shape index (κ2) is 5.87. The monoisotopic (exact) mass is 279 g/mol. The number of nitrogens with two attached hydrogens (primary N) is 1. The van der Waals surface area contributed by atoms with Crippen LogP contribution in [0.25, 0.3) is 0 Å². The van der Waals surface area contributed by atoms with Crippen LogP contribution in [0.5, 0.6) is 5.88 Å². The zero-order valence-corrected chi connectivity index (χ0v) is 12.8. The van der Waals surface area contributed by atoms with Crippen LogP contribution in [0.1, 0.15) is 27.7 Å². The van der Waals surface area contributed by atoms with Gasteiger partial charge in [0.25, 0.3) is 0 Å². The predicted octanol–water partition coefficient (Wildman–Crippen LogP) is 2.31. The first kappa shape index (κ1) is 14.9. The van der Waals surface area contributed by atoms with Crippen molar-refractivity contribution in [3.05, 3.63) is 12.1 Å². The van der Waals surface area contributed by atoms with E-state index in [1.165, 1.54) is 0 Å². The number of pyridine rings is 1. The maximum Gasteiger partial charge on any atom is 0.239 e. The van der Waals surface area contributed by atoms with Crippen molar-refractivity contribution in [1.82, 2.24) is 4.98 Å². The van der Waals surface area contributed by atoms with Crippen LogP contribution in [-0.2, 0) is 4.74 Å². The molecule has 1 aliphatic rings. The van der Waals surface area contributed by atoms with Crippen LogP contribution in [0.4, 0.5) is 11.5 Å². The van der Waals surface area contributed by atoms with E-state index < -0.39 is 0 Å². The Hall–Kier alpha value is -1.49. The molecule has 2 heterocycles. The number of morpholine rings is 1. The topological polar surface area (TPSA) is 60.6 Å². The number of aromatic nitrogens is 1. The minimum Gasteiger partial charge on any atom is -0.476 e. The minimum atomic E-state index is -0.0727. The Balaban J connectivity index is 2.21. The molecule has 20 heavy (non-hydrogen) atoms. The highest BCUT2D eigenvalue weighted by Gasteiger charge is 2.31. The summed E-state index contributed by atoms with van der Waals surface area (Å²) < 4.78 is 11.2. The first-order valence-corrected chi connectivity index (χ1v) is 7.15. The molecule has 112 valence electrons. The molecule has 1 fully saturated rings. The Bertz CT molecular complexity index is 460. The van der Waals surface area contributed by atoms with Gasteiger partial charge in [-0.3, -0.25) is 0 Å². The molecular weight excluding hydrogens is 254 g/mol. The van der Waals surface area contributed by atoms with Gasteiger partial charge < -0.3 is 20.1 Å². The smallest absolute Gasteiger partial charge is 0.239 e. The van der Waals surface area contributed by atoms with Crippen LogP contribution < -0.4 is 15.4 Å². The highest BCUT2D eigenvalue weighted by molar-refractivity contribution is 5.55. The number of nitrogen functional groups attached to an aromatic ring is 1. The van der Waals surface area contributed by atoms with Crippen LogP contribution >= 0.6 is 0 Å². The average Bonchev–Trinajstić information content (AvgIpc) is 2.37. The van der Waals surface area contributed by atoms with Gasteiger partial charge in [0.05, 0.1) is 31.0 Å². The summed E-state index contributed by atoms with van der Waals surface area (Å²) in [5.74, 6) is 1.87. The number of hydrogen-bond acceptors (Lipinski definition) is 5. The molecular formula is C15H25N3O2. The fourth-order valence-electron chi connectivity index (χ4n) is 2.24. The van der Waals surface area contributed by atoms with E-state index in [-0.39, 0.29) is 5.54 Å². The van der Waals surface area contributed by atoms with Gasteiger partial charge in [0, 0.05) is 6.54 Å². The summed E-state index contributed by atoms with van der Waals surface area (Å²) in [5, 5.41) is 0. The van der Waals surface area contributed by atoms with Gasteiger partial charge in [0.1, 0.15) is 5.82 Å².